The van der Waals surface area contributed by atoms with Crippen molar-refractivity contribution in [2.75, 3.05) is 7.11 Å². The van der Waals surface area contributed by atoms with E-state index in [9.17, 15) is 14.4 Å². The van der Waals surface area contributed by atoms with Gasteiger partial charge in [0.1, 0.15) is 23.2 Å². The van der Waals surface area contributed by atoms with Gasteiger partial charge in [-0.15, -0.1) is 0 Å². The Morgan fingerprint density at radius 2 is 2.05 bits per heavy atom. The number of halogens is 2. The van der Waals surface area contributed by atoms with Crippen LogP contribution in [0.3, 0.4) is 0 Å². The van der Waals surface area contributed by atoms with Gasteiger partial charge in [-0.25, -0.2) is 4.39 Å². The molecule has 0 atom stereocenters. The van der Waals surface area contributed by atoms with Crippen LogP contribution in [0.2, 0.25) is 0 Å². The Bertz CT molecular complexity index is 793. The van der Waals surface area contributed by atoms with Gasteiger partial charge in [-0.05, 0) is 36.4 Å². The highest BCUT2D eigenvalue weighted by atomic mass is 79.9. The van der Waals surface area contributed by atoms with Crippen LogP contribution in [-0.4, -0.2) is 12.9 Å². The summed E-state index contributed by atoms with van der Waals surface area (Å²) in [6.45, 7) is 0. The third-order valence-electron chi connectivity index (χ3n) is 2.98. The zero-order valence-electron chi connectivity index (χ0n) is 11.6. The summed E-state index contributed by atoms with van der Waals surface area (Å²) in [6.07, 6.45) is 1.39. The molecule has 5 heteroatoms. The highest BCUT2D eigenvalue weighted by Gasteiger charge is 2.16. The van der Waals surface area contributed by atoms with Crippen LogP contribution >= 0.6 is 15.9 Å². The van der Waals surface area contributed by atoms with Crippen LogP contribution < -0.4 is 4.74 Å². The molecule has 0 amide bonds. The van der Waals surface area contributed by atoms with Gasteiger partial charge in [-0.1, -0.05) is 28.1 Å². The van der Waals surface area contributed by atoms with E-state index < -0.39 is 11.6 Å². The molecule has 0 aliphatic rings. The number of hydrogen-bond acceptors (Lipinski definition) is 3. The fraction of sp³-hybridized carbons (Fsp3) is 0.0588. The second kappa shape index (κ2) is 7.01. The summed E-state index contributed by atoms with van der Waals surface area (Å²) >= 11 is 3.32. The van der Waals surface area contributed by atoms with E-state index in [2.05, 4.69) is 15.9 Å². The van der Waals surface area contributed by atoms with Crippen molar-refractivity contribution in [3.63, 3.8) is 0 Å². The van der Waals surface area contributed by atoms with Crippen LogP contribution in [0, 0.1) is 17.1 Å². The second-order valence-corrected chi connectivity index (χ2v) is 5.28. The molecule has 0 aliphatic heterocycles. The number of rotatable bonds is 4. The van der Waals surface area contributed by atoms with Gasteiger partial charge in [-0.2, -0.15) is 5.26 Å². The Kier molecular flexibility index (Phi) is 5.08. The number of ether oxygens (including phenoxy) is 1. The average Bonchev–Trinajstić information content (AvgIpc) is 2.52. The van der Waals surface area contributed by atoms with E-state index in [0.717, 1.165) is 4.47 Å². The number of nitriles is 1. The van der Waals surface area contributed by atoms with Crippen LogP contribution in [0.15, 0.2) is 52.5 Å². The van der Waals surface area contributed by atoms with Crippen LogP contribution in [0.5, 0.6) is 5.75 Å². The fourth-order valence-corrected chi connectivity index (χ4v) is 2.29. The number of carbonyl (C=O) groups is 1. The maximum atomic E-state index is 13.7. The predicted octanol–water partition coefficient (Wildman–Crippen LogP) is 4.39. The monoisotopic (exact) mass is 359 g/mol. The van der Waals surface area contributed by atoms with Crippen molar-refractivity contribution in [1.29, 1.82) is 5.26 Å². The summed E-state index contributed by atoms with van der Waals surface area (Å²) in [5, 5.41) is 9.23. The Labute approximate surface area is 135 Å². The van der Waals surface area contributed by atoms with Gasteiger partial charge in [0.15, 0.2) is 0 Å². The maximum Gasteiger partial charge on any atom is 0.206 e. The van der Waals surface area contributed by atoms with E-state index in [0.29, 0.717) is 11.3 Å². The number of allylic oxidation sites excluding steroid dienone is 1. The van der Waals surface area contributed by atoms with E-state index in [-0.39, 0.29) is 11.1 Å². The molecular weight excluding hydrogens is 349 g/mol. The molecule has 0 saturated heterocycles. The molecule has 0 aliphatic carbocycles. The fourth-order valence-electron chi connectivity index (χ4n) is 1.91. The van der Waals surface area contributed by atoms with Gasteiger partial charge in [0, 0.05) is 10.0 Å². The largest absolute Gasteiger partial charge is 0.496 e. The first kappa shape index (κ1) is 15.9. The standard InChI is InChI=1S/C17H11BrFNO2/c1-22-16-7-6-13(18)9-11(16)8-12(10-20)17(21)14-4-2-3-5-15(14)19/h2-9H,1H3/b12-8+. The Balaban J connectivity index is 2.49. The molecule has 0 radical (unpaired) electrons. The molecule has 2 aromatic rings. The van der Waals surface area contributed by atoms with Gasteiger partial charge in [0.2, 0.25) is 5.78 Å². The molecular formula is C17H11BrFNO2. The molecule has 0 bridgehead atoms. The number of Topliss-reactive ketones (excluding diaryl/α,β-unsaturated/α-hetero) is 1. The molecule has 0 aromatic heterocycles. The average molecular weight is 360 g/mol. The van der Waals surface area contributed by atoms with E-state index in [1.165, 1.54) is 31.4 Å². The van der Waals surface area contributed by atoms with E-state index in [4.69, 9.17) is 4.74 Å². The molecule has 3 nitrogen and oxygen atoms in total. The topological polar surface area (TPSA) is 50.1 Å². The minimum atomic E-state index is -0.664. The lowest BCUT2D eigenvalue weighted by molar-refractivity contribution is 0.103. The highest BCUT2D eigenvalue weighted by molar-refractivity contribution is 9.10. The molecule has 0 N–H and O–H groups in total. The Morgan fingerprint density at radius 3 is 2.68 bits per heavy atom. The van der Waals surface area contributed by atoms with Gasteiger partial charge in [0.05, 0.1) is 12.7 Å². The third kappa shape index (κ3) is 3.41. The number of ketones is 1. The number of carbonyl (C=O) groups excluding carboxylic acids is 1. The summed E-state index contributed by atoms with van der Waals surface area (Å²) < 4.78 is 19.7. The van der Waals surface area contributed by atoms with Gasteiger partial charge < -0.3 is 4.74 Å². The van der Waals surface area contributed by atoms with E-state index in [1.54, 1.807) is 24.3 Å². The molecule has 0 saturated carbocycles. The van der Waals surface area contributed by atoms with Crippen LogP contribution in [0.25, 0.3) is 6.08 Å². The Hall–Kier alpha value is -2.45. The van der Waals surface area contributed by atoms with Gasteiger partial charge in [0.25, 0.3) is 0 Å². The smallest absolute Gasteiger partial charge is 0.206 e. The number of methoxy groups -OCH3 is 1. The van der Waals surface area contributed by atoms with E-state index >= 15 is 0 Å². The van der Waals surface area contributed by atoms with Gasteiger partial charge in [-0.3, -0.25) is 4.79 Å². The van der Waals surface area contributed by atoms with Crippen molar-refractivity contribution in [3.05, 3.63) is 69.5 Å². The first-order valence-corrected chi connectivity index (χ1v) is 7.10. The van der Waals surface area contributed by atoms with Crippen molar-refractivity contribution < 1.29 is 13.9 Å². The van der Waals surface area contributed by atoms with Crippen molar-refractivity contribution >= 4 is 27.8 Å². The minimum Gasteiger partial charge on any atom is -0.496 e. The van der Waals surface area contributed by atoms with E-state index in [1.807, 2.05) is 6.07 Å². The molecule has 22 heavy (non-hydrogen) atoms. The van der Waals surface area contributed by atoms with Crippen molar-refractivity contribution in [2.45, 2.75) is 0 Å². The molecule has 0 unspecified atom stereocenters. The highest BCUT2D eigenvalue weighted by Crippen LogP contribution is 2.26. The first-order chi connectivity index (χ1) is 10.6. The first-order valence-electron chi connectivity index (χ1n) is 6.31. The zero-order chi connectivity index (χ0) is 16.1. The van der Waals surface area contributed by atoms with Crippen molar-refractivity contribution in [1.82, 2.24) is 0 Å². The molecule has 0 heterocycles. The van der Waals surface area contributed by atoms with Crippen LogP contribution in [0.4, 0.5) is 4.39 Å². The third-order valence-corrected chi connectivity index (χ3v) is 3.47. The number of hydrogen-bond donors (Lipinski definition) is 0. The zero-order valence-corrected chi connectivity index (χ0v) is 13.2. The predicted molar refractivity (Wildman–Crippen MR) is 85.0 cm³/mol. The summed E-state index contributed by atoms with van der Waals surface area (Å²) in [4.78, 5) is 12.3. The quantitative estimate of drug-likeness (QED) is 0.462. The SMILES string of the molecule is COc1ccc(Br)cc1/C=C(\C#N)C(=O)c1ccccc1F. The number of nitrogens with zero attached hydrogens (tertiary/aromatic N) is 1. The van der Waals surface area contributed by atoms with Crippen molar-refractivity contribution in [2.24, 2.45) is 0 Å². The molecule has 110 valence electrons. The summed E-state index contributed by atoms with van der Waals surface area (Å²) in [7, 11) is 1.49. The number of benzene rings is 2. The van der Waals surface area contributed by atoms with Crippen molar-refractivity contribution in [3.8, 4) is 11.8 Å². The summed E-state index contributed by atoms with van der Waals surface area (Å²) in [5.41, 5.74) is 0.254. The lowest BCUT2D eigenvalue weighted by atomic mass is 10.0. The summed E-state index contributed by atoms with van der Waals surface area (Å²) in [6, 6.07) is 12.6. The normalized spacial score (nSPS) is 10.9. The molecule has 0 fully saturated rings. The Morgan fingerprint density at radius 1 is 1.32 bits per heavy atom. The van der Waals surface area contributed by atoms with Crippen LogP contribution in [-0.2, 0) is 0 Å². The molecule has 2 aromatic carbocycles. The lowest BCUT2D eigenvalue weighted by Gasteiger charge is -2.06. The second-order valence-electron chi connectivity index (χ2n) is 4.37. The van der Waals surface area contributed by atoms with Crippen LogP contribution in [0.1, 0.15) is 15.9 Å². The molecule has 0 spiro atoms. The summed E-state index contributed by atoms with van der Waals surface area (Å²) in [5.74, 6) is -0.810. The molecule has 2 rings (SSSR count). The maximum absolute atomic E-state index is 13.7. The minimum absolute atomic E-state index is 0.135. The lowest BCUT2D eigenvalue weighted by Crippen LogP contribution is -2.04. The van der Waals surface area contributed by atoms with Gasteiger partial charge >= 0.3 is 0 Å².